The lowest BCUT2D eigenvalue weighted by Gasteiger charge is -2.18. The second kappa shape index (κ2) is 4.43. The molecule has 5 heteroatoms. The van der Waals surface area contributed by atoms with Gasteiger partial charge in [0.05, 0.1) is 0 Å². The molecular formula is C5H14N4S. The normalized spacial score (nSPS) is 10.2. The Morgan fingerprint density at radius 1 is 1.00 bits per heavy atom. The lowest BCUT2D eigenvalue weighted by molar-refractivity contribution is 0.317. The van der Waals surface area contributed by atoms with Gasteiger partial charge in [-0.25, -0.2) is 10.0 Å². The molecule has 0 aliphatic rings. The van der Waals surface area contributed by atoms with E-state index >= 15 is 0 Å². The first-order valence-corrected chi connectivity index (χ1v) is 3.35. The molecule has 4 nitrogen and oxygen atoms in total. The maximum absolute atomic E-state index is 4.90. The standard InChI is InChI=1S/C5H14N4S/c1-8(2)6-5(10)7-9(3)4/h1-4H3,(H2,6,7,10). The zero-order valence-electron chi connectivity index (χ0n) is 6.80. The maximum atomic E-state index is 4.90. The highest BCUT2D eigenvalue weighted by atomic mass is 32.1. The van der Waals surface area contributed by atoms with Crippen LogP contribution in [-0.4, -0.2) is 43.3 Å². The number of hydrazine groups is 2. The highest BCUT2D eigenvalue weighted by molar-refractivity contribution is 7.80. The van der Waals surface area contributed by atoms with Crippen molar-refractivity contribution in [2.24, 2.45) is 0 Å². The predicted octanol–water partition coefficient (Wildman–Crippen LogP) is -0.596. The van der Waals surface area contributed by atoms with E-state index < -0.39 is 0 Å². The summed E-state index contributed by atoms with van der Waals surface area (Å²) in [5, 5.41) is 4.15. The highest BCUT2D eigenvalue weighted by Gasteiger charge is 1.94. The fourth-order valence-electron chi connectivity index (χ4n) is 0.431. The molecule has 60 valence electrons. The number of nitrogens with zero attached hydrogens (tertiary/aromatic N) is 2. The first-order chi connectivity index (χ1) is 4.52. The molecule has 0 radical (unpaired) electrons. The van der Waals surface area contributed by atoms with Gasteiger partial charge in [0.2, 0.25) is 0 Å². The van der Waals surface area contributed by atoms with Gasteiger partial charge in [0, 0.05) is 28.2 Å². The summed E-state index contributed by atoms with van der Waals surface area (Å²) in [4.78, 5) is 0. The van der Waals surface area contributed by atoms with Crippen molar-refractivity contribution in [2.45, 2.75) is 0 Å². The van der Waals surface area contributed by atoms with Gasteiger partial charge in [-0.1, -0.05) is 0 Å². The first kappa shape index (κ1) is 9.61. The largest absolute Gasteiger partial charge is 0.295 e. The number of thiocarbonyl (C=S) groups is 1. The van der Waals surface area contributed by atoms with Crippen molar-refractivity contribution in [3.05, 3.63) is 0 Å². The van der Waals surface area contributed by atoms with Gasteiger partial charge in [-0.15, -0.1) is 0 Å². The number of nitrogens with one attached hydrogen (secondary N) is 2. The molecule has 0 rings (SSSR count). The maximum Gasteiger partial charge on any atom is 0.195 e. The summed E-state index contributed by atoms with van der Waals surface area (Å²) >= 11 is 4.90. The molecule has 0 saturated carbocycles. The van der Waals surface area contributed by atoms with Crippen LogP contribution >= 0.6 is 12.2 Å². The van der Waals surface area contributed by atoms with Crippen LogP contribution in [0.2, 0.25) is 0 Å². The van der Waals surface area contributed by atoms with Gasteiger partial charge in [-0.05, 0) is 12.2 Å². The molecule has 10 heavy (non-hydrogen) atoms. The summed E-state index contributed by atoms with van der Waals surface area (Å²) in [5.74, 6) is 0. The molecule has 0 aromatic heterocycles. The molecule has 2 N–H and O–H groups in total. The van der Waals surface area contributed by atoms with Crippen molar-refractivity contribution >= 4 is 17.3 Å². The average Bonchev–Trinajstić information content (AvgIpc) is 1.58. The van der Waals surface area contributed by atoms with Gasteiger partial charge in [0.25, 0.3) is 0 Å². The van der Waals surface area contributed by atoms with Crippen molar-refractivity contribution in [1.29, 1.82) is 0 Å². The summed E-state index contributed by atoms with van der Waals surface area (Å²) in [7, 11) is 7.51. The SMILES string of the molecule is CN(C)NC(=S)NN(C)C. The van der Waals surface area contributed by atoms with Crippen LogP contribution in [-0.2, 0) is 0 Å². The fourth-order valence-corrected chi connectivity index (χ4v) is 0.796. The third-order valence-corrected chi connectivity index (χ3v) is 0.833. The van der Waals surface area contributed by atoms with Crippen molar-refractivity contribution in [1.82, 2.24) is 20.9 Å². The molecule has 0 fully saturated rings. The van der Waals surface area contributed by atoms with E-state index in [0.29, 0.717) is 5.11 Å². The van der Waals surface area contributed by atoms with Crippen molar-refractivity contribution < 1.29 is 0 Å². The molecule has 0 aromatic carbocycles. The lowest BCUT2D eigenvalue weighted by Crippen LogP contribution is -2.47. The van der Waals surface area contributed by atoms with Gasteiger partial charge < -0.3 is 0 Å². The fraction of sp³-hybridized carbons (Fsp3) is 0.800. The van der Waals surface area contributed by atoms with Gasteiger partial charge in [-0.3, -0.25) is 10.9 Å². The minimum Gasteiger partial charge on any atom is -0.295 e. The second-order valence-electron chi connectivity index (χ2n) is 2.34. The summed E-state index contributed by atoms with van der Waals surface area (Å²) in [5.41, 5.74) is 5.77. The summed E-state index contributed by atoms with van der Waals surface area (Å²) in [6.45, 7) is 0. The molecule has 0 aromatic rings. The zero-order valence-corrected chi connectivity index (χ0v) is 7.62. The van der Waals surface area contributed by atoms with Gasteiger partial charge in [0.1, 0.15) is 0 Å². The Morgan fingerprint density at radius 3 is 1.50 bits per heavy atom. The number of rotatable bonds is 2. The molecular weight excluding hydrogens is 148 g/mol. The Labute approximate surface area is 67.1 Å². The number of hydrogen-bond acceptors (Lipinski definition) is 3. The Kier molecular flexibility index (Phi) is 4.26. The zero-order chi connectivity index (χ0) is 8.15. The van der Waals surface area contributed by atoms with Crippen LogP contribution in [0.4, 0.5) is 0 Å². The monoisotopic (exact) mass is 162 g/mol. The van der Waals surface area contributed by atoms with E-state index in [1.54, 1.807) is 10.0 Å². The molecule has 0 spiro atoms. The molecule has 0 aliphatic heterocycles. The summed E-state index contributed by atoms with van der Waals surface area (Å²) in [6.07, 6.45) is 0. The lowest BCUT2D eigenvalue weighted by atomic mass is 11.0. The van der Waals surface area contributed by atoms with E-state index in [1.165, 1.54) is 0 Å². The molecule has 0 atom stereocenters. The van der Waals surface area contributed by atoms with Gasteiger partial charge in [-0.2, -0.15) is 0 Å². The second-order valence-corrected chi connectivity index (χ2v) is 2.75. The van der Waals surface area contributed by atoms with E-state index in [-0.39, 0.29) is 0 Å². The first-order valence-electron chi connectivity index (χ1n) is 2.94. The molecule has 0 aliphatic carbocycles. The predicted molar refractivity (Wildman–Crippen MR) is 46.2 cm³/mol. The Balaban J connectivity index is 3.44. The Bertz CT molecular complexity index is 100. The van der Waals surface area contributed by atoms with Crippen LogP contribution in [0, 0.1) is 0 Å². The molecule has 0 heterocycles. The molecule has 0 bridgehead atoms. The average molecular weight is 162 g/mol. The molecule has 0 amide bonds. The molecule has 0 unspecified atom stereocenters. The quantitative estimate of drug-likeness (QED) is 0.418. The van der Waals surface area contributed by atoms with Gasteiger partial charge >= 0.3 is 0 Å². The molecule has 0 saturated heterocycles. The number of hydrogen-bond donors (Lipinski definition) is 2. The highest BCUT2D eigenvalue weighted by Crippen LogP contribution is 1.69. The minimum atomic E-state index is 0.593. The van der Waals surface area contributed by atoms with E-state index in [1.807, 2.05) is 28.2 Å². The van der Waals surface area contributed by atoms with Gasteiger partial charge in [0.15, 0.2) is 5.11 Å². The van der Waals surface area contributed by atoms with Crippen molar-refractivity contribution in [3.8, 4) is 0 Å². The van der Waals surface area contributed by atoms with Crippen LogP contribution in [0.25, 0.3) is 0 Å². The summed E-state index contributed by atoms with van der Waals surface area (Å²) in [6, 6.07) is 0. The smallest absolute Gasteiger partial charge is 0.195 e. The van der Waals surface area contributed by atoms with Crippen molar-refractivity contribution in [2.75, 3.05) is 28.2 Å². The van der Waals surface area contributed by atoms with Crippen LogP contribution in [0.1, 0.15) is 0 Å². The van der Waals surface area contributed by atoms with Crippen LogP contribution in [0.5, 0.6) is 0 Å². The third-order valence-electron chi connectivity index (χ3n) is 0.650. The third kappa shape index (κ3) is 5.74. The van der Waals surface area contributed by atoms with Crippen molar-refractivity contribution in [3.63, 3.8) is 0 Å². The van der Waals surface area contributed by atoms with E-state index in [9.17, 15) is 0 Å². The topological polar surface area (TPSA) is 30.5 Å². The summed E-state index contributed by atoms with van der Waals surface area (Å²) < 4.78 is 0. The Hall–Kier alpha value is -0.390. The Morgan fingerprint density at radius 2 is 1.30 bits per heavy atom. The van der Waals surface area contributed by atoms with Crippen LogP contribution < -0.4 is 10.9 Å². The van der Waals surface area contributed by atoms with E-state index in [4.69, 9.17) is 12.2 Å². The van der Waals surface area contributed by atoms with Crippen LogP contribution in [0.3, 0.4) is 0 Å². The minimum absolute atomic E-state index is 0.593. The van der Waals surface area contributed by atoms with E-state index in [0.717, 1.165) is 0 Å². The van der Waals surface area contributed by atoms with E-state index in [2.05, 4.69) is 10.9 Å². The van der Waals surface area contributed by atoms with Crippen LogP contribution in [0.15, 0.2) is 0 Å².